The van der Waals surface area contributed by atoms with Crippen LogP contribution in [0.2, 0.25) is 0 Å². The van der Waals surface area contributed by atoms with Gasteiger partial charge in [-0.15, -0.1) is 0 Å². The van der Waals surface area contributed by atoms with Gasteiger partial charge in [0.25, 0.3) is 0 Å². The fourth-order valence-corrected chi connectivity index (χ4v) is 2.39. The average Bonchev–Trinajstić information content (AvgIpc) is 2.48. The molecule has 1 aliphatic heterocycles. The van der Waals surface area contributed by atoms with Crippen molar-refractivity contribution in [2.24, 2.45) is 0 Å². The molecule has 2 heterocycles. The zero-order chi connectivity index (χ0) is 13.3. The van der Waals surface area contributed by atoms with Gasteiger partial charge in [0.2, 0.25) is 5.88 Å². The van der Waals surface area contributed by atoms with Crippen LogP contribution in [0.25, 0.3) is 0 Å². The van der Waals surface area contributed by atoms with E-state index in [1.807, 2.05) is 0 Å². The van der Waals surface area contributed by atoms with Crippen molar-refractivity contribution in [3.8, 4) is 5.88 Å². The minimum absolute atomic E-state index is 0.467. The van der Waals surface area contributed by atoms with Crippen LogP contribution < -0.4 is 10.1 Å². The summed E-state index contributed by atoms with van der Waals surface area (Å²) in [6, 6.07) is 0.684. The quantitative estimate of drug-likeness (QED) is 0.763. The van der Waals surface area contributed by atoms with Gasteiger partial charge in [0.05, 0.1) is 13.7 Å². The van der Waals surface area contributed by atoms with E-state index in [4.69, 9.17) is 9.47 Å². The molecule has 1 fully saturated rings. The van der Waals surface area contributed by atoms with Gasteiger partial charge in [-0.25, -0.2) is 4.98 Å². The fourth-order valence-electron chi connectivity index (χ4n) is 2.39. The monoisotopic (exact) mass is 265 g/mol. The van der Waals surface area contributed by atoms with E-state index in [-0.39, 0.29) is 0 Å². The molecule has 1 saturated heterocycles. The summed E-state index contributed by atoms with van der Waals surface area (Å²) in [5.41, 5.74) is 0.765. The lowest BCUT2D eigenvalue weighted by Gasteiger charge is -2.23. The van der Waals surface area contributed by atoms with Gasteiger partial charge < -0.3 is 14.8 Å². The van der Waals surface area contributed by atoms with Gasteiger partial charge in [0.15, 0.2) is 0 Å². The average molecular weight is 265 g/mol. The topological polar surface area (TPSA) is 56.3 Å². The maximum absolute atomic E-state index is 5.64. The number of methoxy groups -OCH3 is 1. The van der Waals surface area contributed by atoms with Crippen LogP contribution in [-0.4, -0.2) is 36.3 Å². The third kappa shape index (κ3) is 4.76. The molecule has 0 amide bonds. The molecule has 0 saturated carbocycles. The number of hydrogen-bond acceptors (Lipinski definition) is 5. The van der Waals surface area contributed by atoms with Crippen molar-refractivity contribution in [2.45, 2.75) is 44.8 Å². The Morgan fingerprint density at radius 2 is 2.21 bits per heavy atom. The fraction of sp³-hybridized carbons (Fsp3) is 0.714. The number of aromatic nitrogens is 2. The van der Waals surface area contributed by atoms with E-state index in [1.165, 1.54) is 32.2 Å². The molecule has 5 nitrogen and oxygen atoms in total. The predicted octanol–water partition coefficient (Wildman–Crippen LogP) is 1.92. The first-order chi connectivity index (χ1) is 9.40. The lowest BCUT2D eigenvalue weighted by Crippen LogP contribution is -2.33. The molecule has 0 radical (unpaired) electrons. The smallest absolute Gasteiger partial charge is 0.237 e. The SMILES string of the molecule is COc1nccnc1COCCC[C@H]1CCCCN1. The van der Waals surface area contributed by atoms with Gasteiger partial charge >= 0.3 is 0 Å². The molecular formula is C14H23N3O2. The summed E-state index contributed by atoms with van der Waals surface area (Å²) < 4.78 is 10.8. The lowest BCUT2D eigenvalue weighted by molar-refractivity contribution is 0.109. The summed E-state index contributed by atoms with van der Waals surface area (Å²) in [6.45, 7) is 2.40. The Labute approximate surface area is 114 Å². The molecular weight excluding hydrogens is 242 g/mol. The number of ether oxygens (including phenoxy) is 2. The molecule has 1 aromatic rings. The Morgan fingerprint density at radius 1 is 1.32 bits per heavy atom. The number of nitrogens with zero attached hydrogens (tertiary/aromatic N) is 2. The Hall–Kier alpha value is -1.20. The minimum atomic E-state index is 0.467. The van der Waals surface area contributed by atoms with Crippen LogP contribution in [0, 0.1) is 0 Å². The first-order valence-electron chi connectivity index (χ1n) is 7.05. The molecule has 1 N–H and O–H groups in total. The Morgan fingerprint density at radius 3 is 3.00 bits per heavy atom. The lowest BCUT2D eigenvalue weighted by atomic mass is 10.0. The highest BCUT2D eigenvalue weighted by Gasteiger charge is 2.11. The van der Waals surface area contributed by atoms with Gasteiger partial charge in [-0.2, -0.15) is 0 Å². The molecule has 1 aromatic heterocycles. The highest BCUT2D eigenvalue weighted by molar-refractivity contribution is 5.15. The van der Waals surface area contributed by atoms with Crippen LogP contribution in [-0.2, 0) is 11.3 Å². The zero-order valence-electron chi connectivity index (χ0n) is 11.6. The molecule has 2 rings (SSSR count). The van der Waals surface area contributed by atoms with Crippen molar-refractivity contribution >= 4 is 0 Å². The zero-order valence-corrected chi connectivity index (χ0v) is 11.6. The predicted molar refractivity (Wildman–Crippen MR) is 73.1 cm³/mol. The maximum atomic E-state index is 5.64. The molecule has 0 unspecified atom stereocenters. The highest BCUT2D eigenvalue weighted by atomic mass is 16.5. The molecule has 0 spiro atoms. The van der Waals surface area contributed by atoms with E-state index in [2.05, 4.69) is 15.3 Å². The standard InChI is InChI=1S/C14H23N3O2/c1-18-14-13(16-8-9-17-14)11-19-10-4-6-12-5-2-3-7-15-12/h8-9,12,15H,2-7,10-11H2,1H3/t12-/m1/s1. The summed E-state index contributed by atoms with van der Waals surface area (Å²) in [4.78, 5) is 8.31. The second-order valence-corrected chi connectivity index (χ2v) is 4.85. The number of piperidine rings is 1. The molecule has 106 valence electrons. The van der Waals surface area contributed by atoms with Crippen LogP contribution >= 0.6 is 0 Å². The van der Waals surface area contributed by atoms with Crippen molar-refractivity contribution in [3.05, 3.63) is 18.1 Å². The van der Waals surface area contributed by atoms with Crippen molar-refractivity contribution in [2.75, 3.05) is 20.3 Å². The molecule has 0 aliphatic carbocycles. The number of nitrogens with one attached hydrogen (secondary N) is 1. The second-order valence-electron chi connectivity index (χ2n) is 4.85. The molecule has 1 atom stereocenters. The Kier molecular flexibility index (Phi) is 6.04. The van der Waals surface area contributed by atoms with Gasteiger partial charge in [0, 0.05) is 25.0 Å². The second kappa shape index (κ2) is 8.07. The van der Waals surface area contributed by atoms with Gasteiger partial charge in [-0.05, 0) is 32.2 Å². The first kappa shape index (κ1) is 14.2. The van der Waals surface area contributed by atoms with E-state index in [9.17, 15) is 0 Å². The third-order valence-electron chi connectivity index (χ3n) is 3.42. The summed E-state index contributed by atoms with van der Waals surface area (Å²) in [5, 5.41) is 3.55. The number of rotatable bonds is 7. The van der Waals surface area contributed by atoms with E-state index < -0.39 is 0 Å². The molecule has 0 aromatic carbocycles. The first-order valence-corrected chi connectivity index (χ1v) is 7.05. The minimum Gasteiger partial charge on any atom is -0.480 e. The summed E-state index contributed by atoms with van der Waals surface area (Å²) >= 11 is 0. The molecule has 19 heavy (non-hydrogen) atoms. The maximum Gasteiger partial charge on any atom is 0.237 e. The normalized spacial score (nSPS) is 19.3. The van der Waals surface area contributed by atoms with E-state index in [0.717, 1.165) is 18.7 Å². The Bertz CT molecular complexity index is 367. The number of hydrogen-bond donors (Lipinski definition) is 1. The van der Waals surface area contributed by atoms with Crippen molar-refractivity contribution in [1.29, 1.82) is 0 Å². The van der Waals surface area contributed by atoms with Gasteiger partial charge in [0.1, 0.15) is 5.69 Å². The van der Waals surface area contributed by atoms with E-state index in [0.29, 0.717) is 18.5 Å². The summed E-state index contributed by atoms with van der Waals surface area (Å²) in [5.74, 6) is 0.552. The summed E-state index contributed by atoms with van der Waals surface area (Å²) in [7, 11) is 1.60. The van der Waals surface area contributed by atoms with Gasteiger partial charge in [-0.3, -0.25) is 4.98 Å². The van der Waals surface area contributed by atoms with Crippen LogP contribution in [0.4, 0.5) is 0 Å². The molecule has 0 bridgehead atoms. The van der Waals surface area contributed by atoms with E-state index >= 15 is 0 Å². The molecule has 5 heteroatoms. The third-order valence-corrected chi connectivity index (χ3v) is 3.42. The van der Waals surface area contributed by atoms with Gasteiger partial charge in [-0.1, -0.05) is 6.42 Å². The van der Waals surface area contributed by atoms with Crippen LogP contribution in [0.1, 0.15) is 37.8 Å². The van der Waals surface area contributed by atoms with E-state index in [1.54, 1.807) is 19.5 Å². The van der Waals surface area contributed by atoms with Crippen molar-refractivity contribution in [1.82, 2.24) is 15.3 Å². The van der Waals surface area contributed by atoms with Crippen LogP contribution in [0.5, 0.6) is 5.88 Å². The van der Waals surface area contributed by atoms with Crippen molar-refractivity contribution < 1.29 is 9.47 Å². The Balaban J connectivity index is 1.61. The summed E-state index contributed by atoms with van der Waals surface area (Å²) in [6.07, 6.45) is 9.54. The van der Waals surface area contributed by atoms with Crippen LogP contribution in [0.15, 0.2) is 12.4 Å². The van der Waals surface area contributed by atoms with Crippen LogP contribution in [0.3, 0.4) is 0 Å². The van der Waals surface area contributed by atoms with Crippen molar-refractivity contribution in [3.63, 3.8) is 0 Å². The highest BCUT2D eigenvalue weighted by Crippen LogP contribution is 2.13. The molecule has 1 aliphatic rings. The largest absolute Gasteiger partial charge is 0.480 e.